The monoisotopic (exact) mass is 147 g/mol. The summed E-state index contributed by atoms with van der Waals surface area (Å²) in [7, 11) is 0. The second-order valence-electron chi connectivity index (χ2n) is 3.34. The Kier molecular flexibility index (Phi) is 1.24. The molecule has 58 valence electrons. The van der Waals surface area contributed by atoms with Gasteiger partial charge >= 0.3 is 0 Å². The van der Waals surface area contributed by atoms with E-state index in [0.717, 1.165) is 6.42 Å². The van der Waals surface area contributed by atoms with E-state index in [1.807, 2.05) is 0 Å². The summed E-state index contributed by atoms with van der Waals surface area (Å²) in [5, 5.41) is 3.09. The summed E-state index contributed by atoms with van der Waals surface area (Å²) in [5.41, 5.74) is 0. The largest absolute Gasteiger partial charge is 0.313 e. The van der Waals surface area contributed by atoms with Gasteiger partial charge in [0.25, 0.3) is 5.92 Å². The third-order valence-electron chi connectivity index (χ3n) is 2.63. The maximum absolute atomic E-state index is 12.9. The molecule has 2 bridgehead atoms. The summed E-state index contributed by atoms with van der Waals surface area (Å²) in [6, 6.07) is 0.0972. The third kappa shape index (κ3) is 0.839. The second kappa shape index (κ2) is 1.91. The lowest BCUT2D eigenvalue weighted by molar-refractivity contribution is -0.115. The molecule has 0 aromatic heterocycles. The Morgan fingerprint density at radius 2 is 2.10 bits per heavy atom. The molecule has 1 nitrogen and oxygen atoms in total. The fraction of sp³-hybridized carbons (Fsp3) is 1.00. The summed E-state index contributed by atoms with van der Waals surface area (Å²) in [5.74, 6) is -2.74. The number of rotatable bonds is 0. The van der Waals surface area contributed by atoms with Gasteiger partial charge in [0.05, 0.1) is 0 Å². The van der Waals surface area contributed by atoms with Crippen LogP contribution in [0.15, 0.2) is 0 Å². The lowest BCUT2D eigenvalue weighted by Crippen LogP contribution is -2.54. The molecule has 3 aliphatic rings. The highest BCUT2D eigenvalue weighted by atomic mass is 19.3. The second-order valence-corrected chi connectivity index (χ2v) is 3.34. The number of halogens is 2. The Labute approximate surface area is 58.8 Å². The molecule has 1 saturated carbocycles. The zero-order valence-electron chi connectivity index (χ0n) is 5.74. The molecule has 0 radical (unpaired) electrons. The first-order valence-electron chi connectivity index (χ1n) is 3.80. The smallest absolute Gasteiger partial charge is 0.253 e. The van der Waals surface area contributed by atoms with Crippen LogP contribution in [0.3, 0.4) is 0 Å². The molecule has 2 aliphatic heterocycles. The molecule has 10 heavy (non-hydrogen) atoms. The zero-order chi connectivity index (χ0) is 7.19. The standard InChI is InChI=1S/C7H11F2N/c8-7(9)3-6-2-1-5(7)4-10-6/h5-6,10H,1-4H2/t5-,6-/m1/s1. The summed E-state index contributed by atoms with van der Waals surface area (Å²) >= 11 is 0. The molecular formula is C7H11F2N. The molecule has 2 heterocycles. The molecule has 0 spiro atoms. The predicted octanol–water partition coefficient (Wildman–Crippen LogP) is 1.39. The topological polar surface area (TPSA) is 12.0 Å². The number of piperidine rings is 2. The lowest BCUT2D eigenvalue weighted by atomic mass is 9.78. The van der Waals surface area contributed by atoms with Crippen molar-refractivity contribution < 1.29 is 8.78 Å². The van der Waals surface area contributed by atoms with Gasteiger partial charge in [-0.15, -0.1) is 0 Å². The Morgan fingerprint density at radius 1 is 1.30 bits per heavy atom. The fourth-order valence-electron chi connectivity index (χ4n) is 1.95. The zero-order valence-corrected chi connectivity index (χ0v) is 5.74. The molecule has 0 amide bonds. The van der Waals surface area contributed by atoms with Crippen molar-refractivity contribution in [3.8, 4) is 0 Å². The summed E-state index contributed by atoms with van der Waals surface area (Å²) in [4.78, 5) is 0. The molecule has 1 aliphatic carbocycles. The molecule has 3 fully saturated rings. The number of nitrogens with one attached hydrogen (secondary N) is 1. The maximum atomic E-state index is 12.9. The highest BCUT2D eigenvalue weighted by molar-refractivity contribution is 4.95. The number of hydrogen-bond acceptors (Lipinski definition) is 1. The molecule has 0 aromatic carbocycles. The summed E-state index contributed by atoms with van der Waals surface area (Å²) < 4.78 is 25.7. The van der Waals surface area contributed by atoms with Gasteiger partial charge in [-0.05, 0) is 12.8 Å². The van der Waals surface area contributed by atoms with E-state index in [1.54, 1.807) is 0 Å². The normalized spacial score (nSPS) is 43.8. The van der Waals surface area contributed by atoms with Crippen molar-refractivity contribution in [3.63, 3.8) is 0 Å². The molecular weight excluding hydrogens is 136 g/mol. The van der Waals surface area contributed by atoms with E-state index in [0.29, 0.717) is 13.0 Å². The van der Waals surface area contributed by atoms with Crippen LogP contribution in [-0.2, 0) is 0 Å². The molecule has 1 N–H and O–H groups in total. The van der Waals surface area contributed by atoms with Crippen molar-refractivity contribution in [1.29, 1.82) is 0 Å². The van der Waals surface area contributed by atoms with Crippen LogP contribution < -0.4 is 5.32 Å². The SMILES string of the molecule is FC1(F)C[C@H]2CC[C@@H]1CN2. The minimum absolute atomic E-state index is 0.0671. The van der Waals surface area contributed by atoms with E-state index in [-0.39, 0.29) is 18.4 Å². The van der Waals surface area contributed by atoms with Crippen molar-refractivity contribution in [1.82, 2.24) is 5.32 Å². The molecule has 0 aromatic rings. The van der Waals surface area contributed by atoms with E-state index in [1.165, 1.54) is 0 Å². The van der Waals surface area contributed by atoms with Crippen molar-refractivity contribution in [3.05, 3.63) is 0 Å². The minimum Gasteiger partial charge on any atom is -0.313 e. The minimum atomic E-state index is -2.37. The number of alkyl halides is 2. The molecule has 3 rings (SSSR count). The van der Waals surface area contributed by atoms with Gasteiger partial charge < -0.3 is 5.32 Å². The van der Waals surface area contributed by atoms with E-state index < -0.39 is 5.92 Å². The van der Waals surface area contributed by atoms with Crippen LogP contribution in [0.5, 0.6) is 0 Å². The van der Waals surface area contributed by atoms with Gasteiger partial charge in [0.1, 0.15) is 0 Å². The van der Waals surface area contributed by atoms with Crippen molar-refractivity contribution in [2.24, 2.45) is 5.92 Å². The maximum Gasteiger partial charge on any atom is 0.253 e. The third-order valence-corrected chi connectivity index (χ3v) is 2.63. The van der Waals surface area contributed by atoms with E-state index in [4.69, 9.17) is 0 Å². The lowest BCUT2D eigenvalue weighted by Gasteiger charge is -2.42. The van der Waals surface area contributed by atoms with E-state index >= 15 is 0 Å². The summed E-state index contributed by atoms with van der Waals surface area (Å²) in [6.45, 7) is 0.525. The van der Waals surface area contributed by atoms with Crippen LogP contribution in [-0.4, -0.2) is 18.5 Å². The average Bonchev–Trinajstić information content (AvgIpc) is 1.87. The first kappa shape index (κ1) is 6.53. The van der Waals surface area contributed by atoms with Gasteiger partial charge in [0.15, 0.2) is 0 Å². The molecule has 0 unspecified atom stereocenters. The van der Waals surface area contributed by atoms with Gasteiger partial charge in [-0.25, -0.2) is 8.78 Å². The highest BCUT2D eigenvalue weighted by Crippen LogP contribution is 2.41. The fourth-order valence-corrected chi connectivity index (χ4v) is 1.95. The Hall–Kier alpha value is -0.180. The average molecular weight is 147 g/mol. The Bertz CT molecular complexity index is 139. The van der Waals surface area contributed by atoms with Crippen molar-refractivity contribution in [2.45, 2.75) is 31.2 Å². The first-order valence-corrected chi connectivity index (χ1v) is 3.80. The Balaban J connectivity index is 2.15. The summed E-state index contributed by atoms with van der Waals surface area (Å²) in [6.07, 6.45) is 1.72. The molecule has 2 atom stereocenters. The molecule has 3 heteroatoms. The highest BCUT2D eigenvalue weighted by Gasteiger charge is 2.48. The van der Waals surface area contributed by atoms with E-state index in [2.05, 4.69) is 5.32 Å². The first-order chi connectivity index (χ1) is 4.68. The quantitative estimate of drug-likeness (QED) is 0.546. The van der Waals surface area contributed by atoms with Crippen LogP contribution >= 0.6 is 0 Å². The van der Waals surface area contributed by atoms with Crippen LogP contribution in [0.2, 0.25) is 0 Å². The van der Waals surface area contributed by atoms with Crippen LogP contribution in [0, 0.1) is 5.92 Å². The Morgan fingerprint density at radius 3 is 2.30 bits per heavy atom. The van der Waals surface area contributed by atoms with E-state index in [9.17, 15) is 8.78 Å². The number of fused-ring (bicyclic) bond motifs is 3. The van der Waals surface area contributed by atoms with Crippen LogP contribution in [0.25, 0.3) is 0 Å². The number of hydrogen-bond donors (Lipinski definition) is 1. The molecule has 2 saturated heterocycles. The van der Waals surface area contributed by atoms with Gasteiger partial charge in [0.2, 0.25) is 0 Å². The van der Waals surface area contributed by atoms with Gasteiger partial charge in [-0.1, -0.05) is 0 Å². The van der Waals surface area contributed by atoms with Crippen LogP contribution in [0.4, 0.5) is 8.78 Å². The predicted molar refractivity (Wildman–Crippen MR) is 34.1 cm³/mol. The van der Waals surface area contributed by atoms with Gasteiger partial charge in [-0.3, -0.25) is 0 Å². The van der Waals surface area contributed by atoms with Crippen molar-refractivity contribution >= 4 is 0 Å². The van der Waals surface area contributed by atoms with Gasteiger partial charge in [-0.2, -0.15) is 0 Å². The van der Waals surface area contributed by atoms with Gasteiger partial charge in [0, 0.05) is 24.9 Å². The van der Waals surface area contributed by atoms with Crippen molar-refractivity contribution in [2.75, 3.05) is 6.54 Å². The van der Waals surface area contributed by atoms with Crippen LogP contribution in [0.1, 0.15) is 19.3 Å².